The zero-order chi connectivity index (χ0) is 24.7. The lowest BCUT2D eigenvalue weighted by atomic mass is 10.2. The molecule has 34 heavy (non-hydrogen) atoms. The predicted octanol–water partition coefficient (Wildman–Crippen LogP) is 2.70. The monoisotopic (exact) mass is 502 g/mol. The Labute approximate surface area is 202 Å². The van der Waals surface area contributed by atoms with E-state index in [0.717, 1.165) is 10.6 Å². The normalized spacial score (nSPS) is 32.4. The Balaban J connectivity index is 1.67. The van der Waals surface area contributed by atoms with Gasteiger partial charge in [-0.25, -0.2) is 20.0 Å². The zero-order valence-corrected chi connectivity index (χ0v) is 22.0. The maximum absolute atomic E-state index is 12.9. The summed E-state index contributed by atoms with van der Waals surface area (Å²) in [4.78, 5) is 51.5. The van der Waals surface area contributed by atoms with Crippen molar-refractivity contribution in [1.29, 1.82) is 0 Å². The van der Waals surface area contributed by atoms with E-state index in [9.17, 15) is 19.2 Å². The van der Waals surface area contributed by atoms with Gasteiger partial charge in [-0.3, -0.25) is 19.2 Å². The van der Waals surface area contributed by atoms with Gasteiger partial charge >= 0.3 is 0 Å². The topological polar surface area (TPSA) is 81.2 Å². The van der Waals surface area contributed by atoms with Crippen LogP contribution in [0.3, 0.4) is 0 Å². The number of fused-ring (bicyclic) bond motifs is 2. The third-order valence-corrected chi connectivity index (χ3v) is 17.4. The highest BCUT2D eigenvalue weighted by Gasteiger charge is 2.64. The molecule has 4 aliphatic rings. The summed E-state index contributed by atoms with van der Waals surface area (Å²) in [5.41, 5.74) is 0. The van der Waals surface area contributed by atoms with Gasteiger partial charge in [0.1, 0.15) is 33.7 Å². The summed E-state index contributed by atoms with van der Waals surface area (Å²) in [5, 5.41) is 8.67. The van der Waals surface area contributed by atoms with E-state index in [1.807, 2.05) is 39.8 Å². The molecule has 0 unspecified atom stereocenters. The number of hydrazine groups is 2. The molecule has 4 fully saturated rings. The maximum Gasteiger partial charge on any atom is 0.245 e. The van der Waals surface area contributed by atoms with Crippen LogP contribution in [0, 0.1) is 13.3 Å². The highest BCUT2D eigenvalue weighted by molar-refractivity contribution is 7.91. The fraction of sp³-hybridized carbons (Fsp3) is 0.500. The minimum Gasteiger partial charge on any atom is -0.273 e. The van der Waals surface area contributed by atoms with Crippen molar-refractivity contribution in [3.63, 3.8) is 0 Å². The quantitative estimate of drug-likeness (QED) is 0.460. The van der Waals surface area contributed by atoms with Gasteiger partial charge in [0, 0.05) is 25.7 Å². The summed E-state index contributed by atoms with van der Waals surface area (Å²) in [6.45, 7) is 17.6. The molecule has 1 aromatic rings. The lowest BCUT2D eigenvalue weighted by Crippen LogP contribution is -2.53. The minimum absolute atomic E-state index is 0.0388. The van der Waals surface area contributed by atoms with Crippen LogP contribution in [0.4, 0.5) is 0 Å². The molecule has 1 aromatic carbocycles. The van der Waals surface area contributed by atoms with Gasteiger partial charge in [0.2, 0.25) is 23.6 Å². The first-order valence-electron chi connectivity index (χ1n) is 11.8. The van der Waals surface area contributed by atoms with Crippen LogP contribution in [-0.4, -0.2) is 66.8 Å². The smallest absolute Gasteiger partial charge is 0.245 e. The van der Waals surface area contributed by atoms with Gasteiger partial charge in [-0.1, -0.05) is 12.1 Å². The fourth-order valence-corrected chi connectivity index (χ4v) is 14.5. The SMILES string of the molecule is [CH2-][P+]1(c2ccccc2[P+]2([CH2-])[C@H](C)N3C(=O)CCC(=O)N3[C@H]2C)[C@H](C)N2C(=O)CCC(=O)N2[C@H]1C. The average Bonchev–Trinajstić information content (AvgIpc) is 3.16. The van der Waals surface area contributed by atoms with Gasteiger partial charge < -0.3 is 0 Å². The largest absolute Gasteiger partial charge is 0.273 e. The van der Waals surface area contributed by atoms with E-state index in [1.54, 1.807) is 20.0 Å². The molecule has 0 saturated carbocycles. The molecule has 4 saturated heterocycles. The Bertz CT molecular complexity index is 969. The van der Waals surface area contributed by atoms with Gasteiger partial charge in [-0.05, 0) is 54.4 Å². The van der Waals surface area contributed by atoms with Gasteiger partial charge in [0.05, 0.1) is 0 Å². The van der Waals surface area contributed by atoms with Crippen molar-refractivity contribution in [3.05, 3.63) is 37.6 Å². The highest BCUT2D eigenvalue weighted by atomic mass is 31.2. The number of amides is 4. The van der Waals surface area contributed by atoms with Crippen molar-refractivity contribution < 1.29 is 19.2 Å². The van der Waals surface area contributed by atoms with E-state index >= 15 is 0 Å². The van der Waals surface area contributed by atoms with Crippen molar-refractivity contribution in [3.8, 4) is 0 Å². The first kappa shape index (κ1) is 23.7. The van der Waals surface area contributed by atoms with E-state index < -0.39 is 14.5 Å². The number of carbonyl (C=O) groups is 4. The second kappa shape index (κ2) is 7.73. The molecule has 0 spiro atoms. The predicted molar refractivity (Wildman–Crippen MR) is 134 cm³/mol. The molecule has 5 rings (SSSR count). The van der Waals surface area contributed by atoms with Crippen LogP contribution in [-0.2, 0) is 19.2 Å². The number of benzene rings is 1. The van der Waals surface area contributed by atoms with E-state index in [-0.39, 0.29) is 72.4 Å². The van der Waals surface area contributed by atoms with Gasteiger partial charge in [-0.15, -0.1) is 0 Å². The molecule has 4 heterocycles. The summed E-state index contributed by atoms with van der Waals surface area (Å²) in [5.74, 6) is -1.08. The van der Waals surface area contributed by atoms with Crippen LogP contribution in [0.2, 0.25) is 0 Å². The number of rotatable bonds is 2. The lowest BCUT2D eigenvalue weighted by Gasteiger charge is -2.39. The number of carbonyl (C=O) groups excluding carboxylic acids is 4. The molecule has 0 N–H and O–H groups in total. The lowest BCUT2D eigenvalue weighted by molar-refractivity contribution is -0.170. The average molecular weight is 502 g/mol. The van der Waals surface area contributed by atoms with Crippen molar-refractivity contribution in [2.24, 2.45) is 0 Å². The molecule has 0 aromatic heterocycles. The molecule has 0 aliphatic carbocycles. The molecule has 10 heteroatoms. The van der Waals surface area contributed by atoms with Crippen LogP contribution >= 0.6 is 14.5 Å². The third-order valence-electron chi connectivity index (χ3n) is 8.45. The maximum atomic E-state index is 12.9. The number of nitrogens with zero attached hydrogens (tertiary/aromatic N) is 4. The summed E-state index contributed by atoms with van der Waals surface area (Å²) in [7, 11) is -4.70. The molecular weight excluding hydrogens is 470 g/mol. The van der Waals surface area contributed by atoms with Crippen molar-refractivity contribution >= 4 is 48.8 Å². The van der Waals surface area contributed by atoms with E-state index in [1.165, 1.54) is 0 Å². The Morgan fingerprint density at radius 2 is 0.824 bits per heavy atom. The first-order chi connectivity index (χ1) is 16.0. The molecule has 0 radical (unpaired) electrons. The van der Waals surface area contributed by atoms with E-state index in [4.69, 9.17) is 13.3 Å². The summed E-state index contributed by atoms with van der Waals surface area (Å²) in [6, 6.07) is 8.09. The Hall–Kier alpha value is -2.04. The molecule has 4 amide bonds. The molecule has 0 bridgehead atoms. The summed E-state index contributed by atoms with van der Waals surface area (Å²) in [6.07, 6.45) is 0.899. The highest BCUT2D eigenvalue weighted by Crippen LogP contribution is 2.75. The number of hydrogen-bond donors (Lipinski definition) is 0. The summed E-state index contributed by atoms with van der Waals surface area (Å²) < 4.78 is 0. The summed E-state index contributed by atoms with van der Waals surface area (Å²) >= 11 is 0. The van der Waals surface area contributed by atoms with E-state index in [2.05, 4.69) is 12.1 Å². The second-order valence-corrected chi connectivity index (χ2v) is 17.5. The van der Waals surface area contributed by atoms with Gasteiger partial charge in [0.15, 0.2) is 0 Å². The van der Waals surface area contributed by atoms with Crippen LogP contribution in [0.25, 0.3) is 0 Å². The first-order valence-corrected chi connectivity index (χ1v) is 16.0. The third kappa shape index (κ3) is 2.79. The molecular formula is C24H32N4O4P2. The van der Waals surface area contributed by atoms with Crippen LogP contribution in [0.15, 0.2) is 24.3 Å². The Morgan fingerprint density at radius 3 is 1.06 bits per heavy atom. The van der Waals surface area contributed by atoms with Crippen LogP contribution in [0.5, 0.6) is 0 Å². The molecule has 182 valence electrons. The fourth-order valence-electron chi connectivity index (χ4n) is 6.30. The number of hydrogen-bond acceptors (Lipinski definition) is 4. The Morgan fingerprint density at radius 1 is 0.588 bits per heavy atom. The van der Waals surface area contributed by atoms with Crippen molar-refractivity contribution in [2.45, 2.75) is 76.5 Å². The van der Waals surface area contributed by atoms with Gasteiger partial charge in [0.25, 0.3) is 0 Å². The molecule has 4 aliphatic heterocycles. The van der Waals surface area contributed by atoms with Crippen molar-refractivity contribution in [2.75, 3.05) is 0 Å². The molecule has 8 nitrogen and oxygen atoms in total. The minimum atomic E-state index is -2.35. The zero-order valence-electron chi connectivity index (χ0n) is 20.2. The van der Waals surface area contributed by atoms with Crippen LogP contribution in [0.1, 0.15) is 53.4 Å². The second-order valence-electron chi connectivity index (χ2n) is 9.83. The Kier molecular flexibility index (Phi) is 5.39. The van der Waals surface area contributed by atoms with E-state index in [0.29, 0.717) is 0 Å². The van der Waals surface area contributed by atoms with Gasteiger partial charge in [-0.2, -0.15) is 13.3 Å². The van der Waals surface area contributed by atoms with Crippen LogP contribution < -0.4 is 10.6 Å². The van der Waals surface area contributed by atoms with Crippen molar-refractivity contribution in [1.82, 2.24) is 20.0 Å². The molecule has 4 atom stereocenters. The standard InChI is InChI=1S/C24H32N4O4P2/c1-15-25-21(29)11-12-22(30)26(25)16(2)33(15,5)19-9-7-8-10-20(19)34(6)17(3)27-23(31)13-14-24(32)28(27)18(34)4/h7-10,15-18H,5-6,11-14H2,1-4H3/t15-,16-,17-,18-/m1/s1.